The van der Waals surface area contributed by atoms with Crippen LogP contribution in [0.1, 0.15) is 43.0 Å². The minimum absolute atomic E-state index is 0.0449. The van der Waals surface area contributed by atoms with Crippen LogP contribution >= 0.6 is 0 Å². The predicted molar refractivity (Wildman–Crippen MR) is 166 cm³/mol. The van der Waals surface area contributed by atoms with Gasteiger partial charge in [0.25, 0.3) is 11.1 Å². The van der Waals surface area contributed by atoms with Gasteiger partial charge < -0.3 is 15.1 Å². The van der Waals surface area contributed by atoms with Gasteiger partial charge in [-0.1, -0.05) is 6.07 Å². The molecule has 0 unspecified atom stereocenters. The van der Waals surface area contributed by atoms with E-state index in [1.54, 1.807) is 13.0 Å². The summed E-state index contributed by atoms with van der Waals surface area (Å²) < 4.78 is 2.56. The maximum atomic E-state index is 14.0. The summed E-state index contributed by atoms with van der Waals surface area (Å²) >= 11 is 0. The first-order valence-electron chi connectivity index (χ1n) is 13.3. The van der Waals surface area contributed by atoms with E-state index >= 15 is 0 Å². The molecule has 0 aliphatic heterocycles. The van der Waals surface area contributed by atoms with Gasteiger partial charge in [0.15, 0.2) is 0 Å². The van der Waals surface area contributed by atoms with E-state index in [4.69, 9.17) is 0 Å². The van der Waals surface area contributed by atoms with Gasteiger partial charge >= 0.3 is 11.9 Å². The fourth-order valence-corrected chi connectivity index (χ4v) is 4.86. The zero-order valence-electron chi connectivity index (χ0n) is 23.9. The SMILES string of the molecule is Cc1cc(N(C)C)ccc1C=C=Cc1c(C)c2c(=O)n(-c3ccc(C(=O)O)cc3)[nH]c2n(-c2ccc(C(=O)O)cc2)c1=O. The number of aryl methyl sites for hydroxylation is 2. The summed E-state index contributed by atoms with van der Waals surface area (Å²) in [6.45, 7) is 3.66. The summed E-state index contributed by atoms with van der Waals surface area (Å²) in [4.78, 5) is 52.5. The predicted octanol–water partition coefficient (Wildman–Crippen LogP) is 4.87. The third kappa shape index (κ3) is 5.30. The zero-order valence-corrected chi connectivity index (χ0v) is 23.9. The van der Waals surface area contributed by atoms with E-state index in [-0.39, 0.29) is 27.7 Å². The fourth-order valence-electron chi connectivity index (χ4n) is 4.86. The van der Waals surface area contributed by atoms with Crippen molar-refractivity contribution in [1.82, 2.24) is 14.3 Å². The maximum Gasteiger partial charge on any atom is 0.335 e. The van der Waals surface area contributed by atoms with Crippen LogP contribution in [-0.4, -0.2) is 50.6 Å². The highest BCUT2D eigenvalue weighted by molar-refractivity contribution is 5.89. The Labute approximate surface area is 245 Å². The number of fused-ring (bicyclic) bond motifs is 1. The molecule has 0 saturated carbocycles. The van der Waals surface area contributed by atoms with Crippen molar-refractivity contribution in [2.45, 2.75) is 13.8 Å². The molecular weight excluding hydrogens is 548 g/mol. The minimum atomic E-state index is -1.11. The molecule has 216 valence electrons. The van der Waals surface area contributed by atoms with Crippen molar-refractivity contribution >= 4 is 40.8 Å². The third-order valence-corrected chi connectivity index (χ3v) is 7.29. The van der Waals surface area contributed by atoms with Crippen LogP contribution in [0.2, 0.25) is 0 Å². The van der Waals surface area contributed by atoms with Gasteiger partial charge in [-0.2, -0.15) is 0 Å². The molecule has 5 aromatic rings. The van der Waals surface area contributed by atoms with Crippen LogP contribution in [0.25, 0.3) is 34.6 Å². The standard InChI is InChI=1S/C33H28N4O6/c1-19-18-26(35(3)4)17-8-21(19)6-5-7-27-20(2)28-29(36(30(27)38)24-13-9-22(10-14-24)32(40)41)34-37(31(28)39)25-15-11-23(12-16-25)33(42)43/h6-18,34H,1-4H3,(H,40,41)(H,42,43). The van der Waals surface area contributed by atoms with Crippen LogP contribution in [0.3, 0.4) is 0 Å². The number of nitrogens with zero attached hydrogens (tertiary/aromatic N) is 3. The molecule has 0 saturated heterocycles. The molecule has 0 bridgehead atoms. The molecule has 0 fully saturated rings. The lowest BCUT2D eigenvalue weighted by Crippen LogP contribution is -2.23. The summed E-state index contributed by atoms with van der Waals surface area (Å²) in [6, 6.07) is 17.5. The number of carboxylic acids is 2. The molecule has 0 amide bonds. The second-order valence-electron chi connectivity index (χ2n) is 10.2. The number of H-pyrrole nitrogens is 1. The van der Waals surface area contributed by atoms with Crippen molar-refractivity contribution in [1.29, 1.82) is 0 Å². The number of pyridine rings is 1. The van der Waals surface area contributed by atoms with E-state index in [1.807, 2.05) is 44.1 Å². The Morgan fingerprint density at radius 2 is 1.40 bits per heavy atom. The molecule has 0 atom stereocenters. The Kier molecular flexibility index (Phi) is 7.46. The van der Waals surface area contributed by atoms with Crippen LogP contribution in [0.5, 0.6) is 0 Å². The number of rotatable bonds is 7. The van der Waals surface area contributed by atoms with E-state index < -0.39 is 23.1 Å². The van der Waals surface area contributed by atoms with E-state index in [1.165, 1.54) is 63.9 Å². The number of aromatic nitrogens is 3. The number of carboxylic acid groups (broad SMARTS) is 2. The van der Waals surface area contributed by atoms with Crippen molar-refractivity contribution < 1.29 is 19.8 Å². The van der Waals surface area contributed by atoms with Gasteiger partial charge in [0, 0.05) is 19.8 Å². The van der Waals surface area contributed by atoms with Crippen molar-refractivity contribution in [2.24, 2.45) is 0 Å². The number of aromatic carboxylic acids is 2. The molecule has 0 aliphatic rings. The first-order valence-corrected chi connectivity index (χ1v) is 13.3. The molecule has 2 aromatic heterocycles. The molecule has 2 heterocycles. The molecule has 10 heteroatoms. The van der Waals surface area contributed by atoms with Crippen LogP contribution in [0.4, 0.5) is 5.69 Å². The number of carbonyl (C=O) groups is 2. The van der Waals surface area contributed by atoms with E-state index in [2.05, 4.69) is 10.8 Å². The first-order chi connectivity index (χ1) is 20.5. The zero-order chi connectivity index (χ0) is 31.0. The lowest BCUT2D eigenvalue weighted by molar-refractivity contribution is 0.0686. The lowest BCUT2D eigenvalue weighted by atomic mass is 10.1. The van der Waals surface area contributed by atoms with Crippen LogP contribution in [-0.2, 0) is 0 Å². The molecule has 3 aromatic carbocycles. The third-order valence-electron chi connectivity index (χ3n) is 7.29. The molecule has 0 spiro atoms. The van der Waals surface area contributed by atoms with Gasteiger partial charge in [0.1, 0.15) is 5.65 Å². The number of hydrogen-bond donors (Lipinski definition) is 3. The highest BCUT2D eigenvalue weighted by Gasteiger charge is 2.21. The fraction of sp³-hybridized carbons (Fsp3) is 0.121. The summed E-state index contributed by atoms with van der Waals surface area (Å²) in [6.07, 6.45) is 3.31. The van der Waals surface area contributed by atoms with Gasteiger partial charge in [-0.15, -0.1) is 5.73 Å². The van der Waals surface area contributed by atoms with Crippen LogP contribution < -0.4 is 16.0 Å². The Morgan fingerprint density at radius 3 is 1.93 bits per heavy atom. The van der Waals surface area contributed by atoms with E-state index in [9.17, 15) is 29.4 Å². The highest BCUT2D eigenvalue weighted by atomic mass is 16.4. The molecule has 0 radical (unpaired) electrons. The number of anilines is 1. The van der Waals surface area contributed by atoms with Crippen LogP contribution in [0.15, 0.2) is 82.1 Å². The van der Waals surface area contributed by atoms with E-state index in [0.29, 0.717) is 16.9 Å². The van der Waals surface area contributed by atoms with Crippen molar-refractivity contribution in [3.05, 3.63) is 127 Å². The molecular formula is C33H28N4O6. The monoisotopic (exact) mass is 576 g/mol. The molecule has 3 N–H and O–H groups in total. The summed E-state index contributed by atoms with van der Waals surface area (Å²) in [5.74, 6) is -2.21. The summed E-state index contributed by atoms with van der Waals surface area (Å²) in [7, 11) is 3.92. The van der Waals surface area contributed by atoms with E-state index in [0.717, 1.165) is 16.8 Å². The summed E-state index contributed by atoms with van der Waals surface area (Å²) in [5, 5.41) is 21.8. The molecule has 43 heavy (non-hydrogen) atoms. The van der Waals surface area contributed by atoms with Crippen molar-refractivity contribution in [2.75, 3.05) is 19.0 Å². The quantitative estimate of drug-likeness (QED) is 0.235. The topological polar surface area (TPSA) is 138 Å². The minimum Gasteiger partial charge on any atom is -0.478 e. The van der Waals surface area contributed by atoms with Crippen molar-refractivity contribution in [3.8, 4) is 11.4 Å². The average Bonchev–Trinajstić information content (AvgIpc) is 3.32. The summed E-state index contributed by atoms with van der Waals surface area (Å²) in [5.41, 5.74) is 6.91. The smallest absolute Gasteiger partial charge is 0.335 e. The van der Waals surface area contributed by atoms with Gasteiger partial charge in [-0.05, 0) is 103 Å². The number of hydrogen-bond acceptors (Lipinski definition) is 5. The Hall–Kier alpha value is -5.86. The lowest BCUT2D eigenvalue weighted by Gasteiger charge is -2.13. The van der Waals surface area contributed by atoms with Crippen molar-refractivity contribution in [3.63, 3.8) is 0 Å². The normalized spacial score (nSPS) is 10.8. The number of nitrogens with one attached hydrogen (secondary N) is 1. The first kappa shape index (κ1) is 28.7. The molecule has 10 nitrogen and oxygen atoms in total. The van der Waals surface area contributed by atoms with Gasteiger partial charge in [-0.3, -0.25) is 19.3 Å². The Morgan fingerprint density at radius 1 is 0.814 bits per heavy atom. The Bertz CT molecular complexity index is 2090. The van der Waals surface area contributed by atoms with Gasteiger partial charge in [0.05, 0.1) is 33.5 Å². The highest BCUT2D eigenvalue weighted by Crippen LogP contribution is 2.22. The van der Waals surface area contributed by atoms with Gasteiger partial charge in [0.2, 0.25) is 0 Å². The van der Waals surface area contributed by atoms with Gasteiger partial charge in [-0.25, -0.2) is 14.3 Å². The largest absolute Gasteiger partial charge is 0.478 e. The number of benzene rings is 3. The van der Waals surface area contributed by atoms with Crippen LogP contribution in [0, 0.1) is 13.8 Å². The maximum absolute atomic E-state index is 14.0. The molecule has 5 rings (SSSR count). The average molecular weight is 577 g/mol. The second kappa shape index (κ2) is 11.2. The second-order valence-corrected chi connectivity index (χ2v) is 10.2. The molecule has 0 aliphatic carbocycles. The number of aromatic amines is 1. The Balaban J connectivity index is 1.74.